The summed E-state index contributed by atoms with van der Waals surface area (Å²) in [6.45, 7) is 0. The first-order chi connectivity index (χ1) is 18.4. The van der Waals surface area contributed by atoms with Gasteiger partial charge in [0, 0.05) is 21.9 Å². The Hall–Kier alpha value is -3.61. The number of nitrogens with one attached hydrogen (secondary N) is 2. The maximum absolute atomic E-state index is 13.7. The van der Waals surface area contributed by atoms with Crippen LogP contribution in [0.3, 0.4) is 0 Å². The zero-order valence-corrected chi connectivity index (χ0v) is 22.1. The van der Waals surface area contributed by atoms with Crippen molar-refractivity contribution >= 4 is 34.3 Å². The van der Waals surface area contributed by atoms with E-state index in [0.717, 1.165) is 33.9 Å². The molecule has 2 N–H and O–H groups in total. The molecule has 1 aromatic heterocycles. The average molecular weight is 655 g/mol. The SMILES string of the molecule is O=C(Nc1cccc(C(F)(F)F)c1)NC(Cc1ccccc1)(c1cccc(C(F)(F)F)c1)c1ccc(I)cn1. The summed E-state index contributed by atoms with van der Waals surface area (Å²) in [6, 6.07) is 19.7. The van der Waals surface area contributed by atoms with Gasteiger partial charge in [-0.25, -0.2) is 4.79 Å². The van der Waals surface area contributed by atoms with Crippen molar-refractivity contribution in [3.8, 4) is 0 Å². The van der Waals surface area contributed by atoms with Gasteiger partial charge in [-0.15, -0.1) is 0 Å². The van der Waals surface area contributed by atoms with Crippen LogP contribution in [0.4, 0.5) is 36.8 Å². The number of benzene rings is 3. The summed E-state index contributed by atoms with van der Waals surface area (Å²) < 4.78 is 81.5. The normalized spacial score (nSPS) is 13.4. The van der Waals surface area contributed by atoms with Crippen LogP contribution in [-0.4, -0.2) is 11.0 Å². The van der Waals surface area contributed by atoms with Crippen molar-refractivity contribution in [2.24, 2.45) is 0 Å². The Kier molecular flexibility index (Phi) is 8.19. The van der Waals surface area contributed by atoms with E-state index in [-0.39, 0.29) is 23.4 Å². The monoisotopic (exact) mass is 655 g/mol. The molecule has 202 valence electrons. The quantitative estimate of drug-likeness (QED) is 0.163. The van der Waals surface area contributed by atoms with E-state index >= 15 is 0 Å². The van der Waals surface area contributed by atoms with Gasteiger partial charge in [-0.1, -0.05) is 48.5 Å². The topological polar surface area (TPSA) is 54.0 Å². The molecule has 0 bridgehead atoms. The molecule has 2 amide bonds. The van der Waals surface area contributed by atoms with Gasteiger partial charge >= 0.3 is 18.4 Å². The first-order valence-electron chi connectivity index (χ1n) is 11.5. The summed E-state index contributed by atoms with van der Waals surface area (Å²) >= 11 is 2.03. The molecule has 0 spiro atoms. The maximum Gasteiger partial charge on any atom is 0.416 e. The molecule has 1 unspecified atom stereocenters. The van der Waals surface area contributed by atoms with Gasteiger partial charge in [0.05, 0.1) is 16.8 Å². The number of hydrogen-bond donors (Lipinski definition) is 2. The molecule has 0 aliphatic heterocycles. The minimum absolute atomic E-state index is 0.00124. The standard InChI is InChI=1S/C28H20F6IN3O/c29-27(30,31)20-9-4-8-19(14-20)26(16-18-6-2-1-3-7-18,24-13-12-22(35)17-36-24)38-25(39)37-23-11-5-10-21(15-23)28(32,33)34/h1-15,17H,16H2,(H2,37,38,39). The second kappa shape index (κ2) is 11.2. The van der Waals surface area contributed by atoms with Crippen LogP contribution in [0, 0.1) is 3.57 Å². The van der Waals surface area contributed by atoms with E-state index in [0.29, 0.717) is 5.56 Å². The zero-order chi connectivity index (χ0) is 28.3. The summed E-state index contributed by atoms with van der Waals surface area (Å²) in [6.07, 6.45) is -7.78. The Morgan fingerprint density at radius 1 is 0.744 bits per heavy atom. The Bertz CT molecular complexity index is 1440. The molecule has 0 fully saturated rings. The number of aromatic nitrogens is 1. The number of amides is 2. The predicted octanol–water partition coefficient (Wildman–Crippen LogP) is 8.03. The van der Waals surface area contributed by atoms with Crippen molar-refractivity contribution in [2.75, 3.05) is 5.32 Å². The maximum atomic E-state index is 13.7. The molecule has 4 rings (SSSR count). The van der Waals surface area contributed by atoms with Crippen molar-refractivity contribution < 1.29 is 31.1 Å². The van der Waals surface area contributed by atoms with Crippen molar-refractivity contribution in [1.82, 2.24) is 10.3 Å². The number of pyridine rings is 1. The molecule has 3 aromatic carbocycles. The Labute approximate surface area is 233 Å². The highest BCUT2D eigenvalue weighted by Crippen LogP contribution is 2.37. The highest BCUT2D eigenvalue weighted by Gasteiger charge is 2.40. The van der Waals surface area contributed by atoms with Crippen LogP contribution in [0.25, 0.3) is 0 Å². The van der Waals surface area contributed by atoms with E-state index in [9.17, 15) is 31.1 Å². The molecule has 1 atom stereocenters. The number of carbonyl (C=O) groups excluding carboxylic acids is 1. The molecule has 4 nitrogen and oxygen atoms in total. The molecule has 0 radical (unpaired) electrons. The molecule has 4 aromatic rings. The van der Waals surface area contributed by atoms with Crippen molar-refractivity contribution in [3.05, 3.63) is 129 Å². The van der Waals surface area contributed by atoms with Gasteiger partial charge in [0.2, 0.25) is 0 Å². The summed E-state index contributed by atoms with van der Waals surface area (Å²) in [7, 11) is 0. The highest BCUT2D eigenvalue weighted by molar-refractivity contribution is 14.1. The third-order valence-corrected chi connectivity index (χ3v) is 6.57. The van der Waals surface area contributed by atoms with Crippen molar-refractivity contribution in [1.29, 1.82) is 0 Å². The lowest BCUT2D eigenvalue weighted by Gasteiger charge is -2.36. The first kappa shape index (κ1) is 28.4. The molecule has 0 saturated carbocycles. The van der Waals surface area contributed by atoms with Gasteiger partial charge in [-0.3, -0.25) is 4.98 Å². The molecular weight excluding hydrogens is 635 g/mol. The molecule has 0 aliphatic rings. The van der Waals surface area contributed by atoms with E-state index < -0.39 is 35.0 Å². The van der Waals surface area contributed by atoms with Gasteiger partial charge in [0.15, 0.2) is 0 Å². The highest BCUT2D eigenvalue weighted by atomic mass is 127. The fourth-order valence-corrected chi connectivity index (χ4v) is 4.46. The van der Waals surface area contributed by atoms with Crippen LogP contribution < -0.4 is 10.6 Å². The molecule has 1 heterocycles. The van der Waals surface area contributed by atoms with Crippen LogP contribution in [0.1, 0.15) is 27.9 Å². The number of nitrogens with zero attached hydrogens (tertiary/aromatic N) is 1. The number of hydrogen-bond acceptors (Lipinski definition) is 2. The minimum Gasteiger partial charge on any atom is -0.322 e. The third-order valence-electron chi connectivity index (χ3n) is 5.93. The fourth-order valence-electron chi connectivity index (χ4n) is 4.14. The first-order valence-corrected chi connectivity index (χ1v) is 12.5. The van der Waals surface area contributed by atoms with E-state index in [1.807, 2.05) is 22.6 Å². The second-order valence-electron chi connectivity index (χ2n) is 8.67. The number of anilines is 1. The Balaban J connectivity index is 1.84. The lowest BCUT2D eigenvalue weighted by molar-refractivity contribution is -0.138. The lowest BCUT2D eigenvalue weighted by Crippen LogP contribution is -2.50. The van der Waals surface area contributed by atoms with E-state index in [1.54, 1.807) is 42.5 Å². The minimum atomic E-state index is -4.66. The van der Waals surface area contributed by atoms with Gasteiger partial charge < -0.3 is 10.6 Å². The third kappa shape index (κ3) is 6.88. The predicted molar refractivity (Wildman–Crippen MR) is 143 cm³/mol. The largest absolute Gasteiger partial charge is 0.416 e. The smallest absolute Gasteiger partial charge is 0.322 e. The van der Waals surface area contributed by atoms with Crippen LogP contribution in [-0.2, 0) is 24.3 Å². The number of rotatable bonds is 6. The number of alkyl halides is 6. The van der Waals surface area contributed by atoms with Crippen molar-refractivity contribution in [2.45, 2.75) is 24.3 Å². The van der Waals surface area contributed by atoms with Gasteiger partial charge in [-0.05, 0) is 76.2 Å². The summed E-state index contributed by atoms with van der Waals surface area (Å²) in [4.78, 5) is 17.8. The lowest BCUT2D eigenvalue weighted by atomic mass is 9.80. The molecule has 0 saturated heterocycles. The molecular formula is C28H20F6IN3O. The fraction of sp³-hybridized carbons (Fsp3) is 0.143. The van der Waals surface area contributed by atoms with Gasteiger partial charge in [-0.2, -0.15) is 26.3 Å². The summed E-state index contributed by atoms with van der Waals surface area (Å²) in [5, 5.41) is 5.14. The van der Waals surface area contributed by atoms with Crippen LogP contribution in [0.15, 0.2) is 97.2 Å². The van der Waals surface area contributed by atoms with E-state index in [1.165, 1.54) is 24.4 Å². The number of carbonyl (C=O) groups is 1. The molecule has 11 heteroatoms. The van der Waals surface area contributed by atoms with Gasteiger partial charge in [0.1, 0.15) is 5.54 Å². The molecule has 0 aliphatic carbocycles. The zero-order valence-electron chi connectivity index (χ0n) is 19.9. The summed E-state index contributed by atoms with van der Waals surface area (Å²) in [5.41, 5.74) is -2.65. The van der Waals surface area contributed by atoms with Crippen LogP contribution in [0.2, 0.25) is 0 Å². The Morgan fingerprint density at radius 3 is 1.97 bits per heavy atom. The average Bonchev–Trinajstić information content (AvgIpc) is 2.88. The van der Waals surface area contributed by atoms with E-state index in [4.69, 9.17) is 0 Å². The van der Waals surface area contributed by atoms with Crippen LogP contribution >= 0.6 is 22.6 Å². The van der Waals surface area contributed by atoms with Crippen LogP contribution in [0.5, 0.6) is 0 Å². The van der Waals surface area contributed by atoms with Gasteiger partial charge in [0.25, 0.3) is 0 Å². The summed E-state index contributed by atoms with van der Waals surface area (Å²) in [5.74, 6) is 0. The molecule has 39 heavy (non-hydrogen) atoms. The number of halogens is 7. The number of urea groups is 1. The van der Waals surface area contributed by atoms with Crippen molar-refractivity contribution in [3.63, 3.8) is 0 Å². The van der Waals surface area contributed by atoms with E-state index in [2.05, 4.69) is 15.6 Å². The Morgan fingerprint density at radius 2 is 1.36 bits per heavy atom. The second-order valence-corrected chi connectivity index (χ2v) is 9.91.